The van der Waals surface area contributed by atoms with Crippen LogP contribution in [-0.2, 0) is 0 Å². The number of aryl methyl sites for hydroxylation is 1. The Kier molecular flexibility index (Phi) is 4.52. The second kappa shape index (κ2) is 6.13. The number of rotatable bonds is 5. The maximum absolute atomic E-state index is 12.1. The molecule has 0 aliphatic heterocycles. The van der Waals surface area contributed by atoms with E-state index >= 15 is 0 Å². The summed E-state index contributed by atoms with van der Waals surface area (Å²) in [7, 11) is 0. The van der Waals surface area contributed by atoms with Crippen LogP contribution in [0.15, 0.2) is 28.3 Å². The van der Waals surface area contributed by atoms with Crippen molar-refractivity contribution < 1.29 is 9.90 Å². The van der Waals surface area contributed by atoms with Crippen molar-refractivity contribution in [2.24, 2.45) is 0 Å². The van der Waals surface area contributed by atoms with E-state index in [2.05, 4.69) is 5.32 Å². The number of carbonyl (C=O) groups excluding carboxylic acids is 1. The lowest BCUT2D eigenvalue weighted by atomic mass is 10.1. The number of hydrogen-bond donors (Lipinski definition) is 2. The molecule has 3 nitrogen and oxygen atoms in total. The fourth-order valence-corrected chi connectivity index (χ4v) is 3.37. The molecule has 2 rings (SSSR count). The number of carbonyl (C=O) groups is 1. The number of hydrogen-bond acceptors (Lipinski definition) is 4. The Labute approximate surface area is 114 Å². The highest BCUT2D eigenvalue weighted by Crippen LogP contribution is 2.23. The van der Waals surface area contributed by atoms with Crippen LogP contribution in [0, 0.1) is 6.92 Å². The predicted molar refractivity (Wildman–Crippen MR) is 75.3 cm³/mol. The monoisotopic (exact) mass is 281 g/mol. The number of nitrogens with one attached hydrogen (secondary N) is 1. The van der Waals surface area contributed by atoms with E-state index in [9.17, 15) is 4.79 Å². The summed E-state index contributed by atoms with van der Waals surface area (Å²) in [5, 5.41) is 17.9. The van der Waals surface area contributed by atoms with E-state index in [1.165, 1.54) is 11.3 Å². The third-order valence-corrected chi connectivity index (χ3v) is 4.56. The predicted octanol–water partition coefficient (Wildman–Crippen LogP) is 2.97. The van der Waals surface area contributed by atoms with Gasteiger partial charge in [0.1, 0.15) is 0 Å². The second-order valence-electron chi connectivity index (χ2n) is 4.02. The molecule has 1 atom stereocenters. The molecule has 2 N–H and O–H groups in total. The highest BCUT2D eigenvalue weighted by atomic mass is 32.1. The van der Waals surface area contributed by atoms with E-state index in [4.69, 9.17) is 5.11 Å². The van der Waals surface area contributed by atoms with Gasteiger partial charge in [0.25, 0.3) is 5.91 Å². The lowest BCUT2D eigenvalue weighted by molar-refractivity contribution is 0.0930. The van der Waals surface area contributed by atoms with E-state index in [0.29, 0.717) is 6.42 Å². The molecular weight excluding hydrogens is 266 g/mol. The molecule has 2 aromatic rings. The first-order valence-corrected chi connectivity index (χ1v) is 7.52. The minimum Gasteiger partial charge on any atom is -0.396 e. The van der Waals surface area contributed by atoms with Crippen LogP contribution in [0.1, 0.15) is 33.3 Å². The third kappa shape index (κ3) is 2.98. The third-order valence-electron chi connectivity index (χ3n) is 2.71. The summed E-state index contributed by atoms with van der Waals surface area (Å²) in [5.41, 5.74) is 1.71. The lowest BCUT2D eigenvalue weighted by Gasteiger charge is -2.16. The Balaban J connectivity index is 2.10. The molecule has 0 unspecified atom stereocenters. The van der Waals surface area contributed by atoms with Crippen molar-refractivity contribution in [1.29, 1.82) is 0 Å². The van der Waals surface area contributed by atoms with Crippen LogP contribution in [0.2, 0.25) is 0 Å². The maximum atomic E-state index is 12.1. The Morgan fingerprint density at radius 2 is 2.33 bits per heavy atom. The van der Waals surface area contributed by atoms with Crippen LogP contribution in [0.5, 0.6) is 0 Å². The molecule has 0 fully saturated rings. The lowest BCUT2D eigenvalue weighted by Crippen LogP contribution is -2.28. The summed E-state index contributed by atoms with van der Waals surface area (Å²) in [6, 6.07) is 3.82. The van der Waals surface area contributed by atoms with Crippen LogP contribution < -0.4 is 5.32 Å². The first-order chi connectivity index (χ1) is 8.72. The maximum Gasteiger partial charge on any atom is 0.252 e. The summed E-state index contributed by atoms with van der Waals surface area (Å²) < 4.78 is 0. The molecule has 0 aliphatic carbocycles. The molecule has 0 aliphatic rings. The van der Waals surface area contributed by atoms with Gasteiger partial charge >= 0.3 is 0 Å². The summed E-state index contributed by atoms with van der Waals surface area (Å²) in [5.74, 6) is -0.0689. The second-order valence-corrected chi connectivity index (χ2v) is 5.75. The van der Waals surface area contributed by atoms with Crippen molar-refractivity contribution in [2.75, 3.05) is 6.61 Å². The molecule has 18 heavy (non-hydrogen) atoms. The van der Waals surface area contributed by atoms with Crippen LogP contribution in [0.4, 0.5) is 0 Å². The van der Waals surface area contributed by atoms with Crippen molar-refractivity contribution in [2.45, 2.75) is 19.4 Å². The molecule has 5 heteroatoms. The zero-order valence-electron chi connectivity index (χ0n) is 10.1. The largest absolute Gasteiger partial charge is 0.396 e. The molecule has 0 saturated heterocycles. The van der Waals surface area contributed by atoms with Gasteiger partial charge in [0, 0.05) is 16.9 Å². The van der Waals surface area contributed by atoms with Crippen molar-refractivity contribution in [3.63, 3.8) is 0 Å². The van der Waals surface area contributed by atoms with Crippen LogP contribution >= 0.6 is 22.7 Å². The van der Waals surface area contributed by atoms with E-state index in [1.54, 1.807) is 11.3 Å². The average Bonchev–Trinajstić information content (AvgIpc) is 2.98. The van der Waals surface area contributed by atoms with E-state index in [0.717, 1.165) is 16.0 Å². The van der Waals surface area contributed by atoms with E-state index in [1.807, 2.05) is 35.2 Å². The topological polar surface area (TPSA) is 49.3 Å². The number of amides is 1. The van der Waals surface area contributed by atoms with Crippen LogP contribution in [0.3, 0.4) is 0 Å². The van der Waals surface area contributed by atoms with Crippen molar-refractivity contribution >= 4 is 28.6 Å². The standard InChI is InChI=1S/C13H15NO2S2/c1-9-7-17-8-10(9)13(16)14-11(4-5-15)12-3-2-6-18-12/h2-3,6-8,11,15H,4-5H2,1H3,(H,14,16)/t11-/m1/s1. The average molecular weight is 281 g/mol. The van der Waals surface area contributed by atoms with Gasteiger partial charge in [-0.2, -0.15) is 11.3 Å². The molecule has 0 radical (unpaired) electrons. The van der Waals surface area contributed by atoms with Gasteiger partial charge in [0.2, 0.25) is 0 Å². The van der Waals surface area contributed by atoms with E-state index < -0.39 is 0 Å². The van der Waals surface area contributed by atoms with Gasteiger partial charge in [-0.05, 0) is 35.7 Å². The fraction of sp³-hybridized carbons (Fsp3) is 0.308. The summed E-state index contributed by atoms with van der Waals surface area (Å²) in [6.45, 7) is 1.99. The molecular formula is C13H15NO2S2. The van der Waals surface area contributed by atoms with Gasteiger partial charge in [0.05, 0.1) is 11.6 Å². The highest BCUT2D eigenvalue weighted by Gasteiger charge is 2.17. The molecule has 2 aromatic heterocycles. The molecule has 2 heterocycles. The van der Waals surface area contributed by atoms with E-state index in [-0.39, 0.29) is 18.6 Å². The van der Waals surface area contributed by atoms with Gasteiger partial charge < -0.3 is 10.4 Å². The molecule has 0 spiro atoms. The van der Waals surface area contributed by atoms with Gasteiger partial charge in [-0.1, -0.05) is 6.07 Å². The fourth-order valence-electron chi connectivity index (χ4n) is 1.73. The smallest absolute Gasteiger partial charge is 0.252 e. The quantitative estimate of drug-likeness (QED) is 0.885. The molecule has 1 amide bonds. The van der Waals surface area contributed by atoms with Crippen molar-refractivity contribution in [3.05, 3.63) is 44.3 Å². The zero-order chi connectivity index (χ0) is 13.0. The van der Waals surface area contributed by atoms with Gasteiger partial charge in [-0.15, -0.1) is 11.3 Å². The van der Waals surface area contributed by atoms with Gasteiger partial charge in [-0.25, -0.2) is 0 Å². The zero-order valence-corrected chi connectivity index (χ0v) is 11.7. The number of thiophene rings is 2. The minimum atomic E-state index is -0.109. The van der Waals surface area contributed by atoms with Gasteiger partial charge in [-0.3, -0.25) is 4.79 Å². The number of aliphatic hydroxyl groups is 1. The Morgan fingerprint density at radius 3 is 2.89 bits per heavy atom. The SMILES string of the molecule is Cc1cscc1C(=O)N[C@H](CCO)c1cccs1. The summed E-state index contributed by atoms with van der Waals surface area (Å²) >= 11 is 3.12. The Bertz CT molecular complexity index is 505. The molecule has 0 saturated carbocycles. The Hall–Kier alpha value is -1.17. The van der Waals surface area contributed by atoms with Crippen molar-refractivity contribution in [3.8, 4) is 0 Å². The van der Waals surface area contributed by atoms with Gasteiger partial charge in [0.15, 0.2) is 0 Å². The summed E-state index contributed by atoms with van der Waals surface area (Å²) in [4.78, 5) is 13.2. The highest BCUT2D eigenvalue weighted by molar-refractivity contribution is 7.10. The normalized spacial score (nSPS) is 12.3. The summed E-state index contributed by atoms with van der Waals surface area (Å²) in [6.07, 6.45) is 0.537. The van der Waals surface area contributed by atoms with Crippen molar-refractivity contribution in [1.82, 2.24) is 5.32 Å². The minimum absolute atomic E-state index is 0.0610. The van der Waals surface area contributed by atoms with Crippen LogP contribution in [0.25, 0.3) is 0 Å². The molecule has 0 aromatic carbocycles. The molecule has 96 valence electrons. The van der Waals surface area contributed by atoms with Crippen LogP contribution in [-0.4, -0.2) is 17.6 Å². The number of aliphatic hydroxyl groups excluding tert-OH is 1. The first-order valence-electron chi connectivity index (χ1n) is 5.70. The first kappa shape index (κ1) is 13.3. The Morgan fingerprint density at radius 1 is 1.50 bits per heavy atom. The molecule has 0 bridgehead atoms.